The third-order valence-corrected chi connectivity index (χ3v) is 3.02. The molecule has 6 heteroatoms. The summed E-state index contributed by atoms with van der Waals surface area (Å²) in [6.07, 6.45) is 5.04. The standard InChI is InChI=1S/C12H20N4.2ClH/c1-8(2)5-9-3-4-10-12(14-6-9)15-7-11(13)16-10;;/h7-9H,3-6H2,1-2H3,(H2,13,16)(H,14,15);2*1H. The van der Waals surface area contributed by atoms with E-state index in [0.29, 0.717) is 5.82 Å². The van der Waals surface area contributed by atoms with Gasteiger partial charge in [0.15, 0.2) is 0 Å². The second-order valence-corrected chi connectivity index (χ2v) is 5.01. The van der Waals surface area contributed by atoms with Crippen LogP contribution in [0.25, 0.3) is 0 Å². The van der Waals surface area contributed by atoms with E-state index in [4.69, 9.17) is 5.73 Å². The van der Waals surface area contributed by atoms with Crippen molar-refractivity contribution in [3.8, 4) is 0 Å². The molecule has 0 radical (unpaired) electrons. The Morgan fingerprint density at radius 2 is 2.17 bits per heavy atom. The Kier molecular flexibility index (Phi) is 7.33. The van der Waals surface area contributed by atoms with E-state index in [-0.39, 0.29) is 24.8 Å². The first-order valence-corrected chi connectivity index (χ1v) is 6.00. The maximum atomic E-state index is 5.65. The van der Waals surface area contributed by atoms with Crippen molar-refractivity contribution >= 4 is 36.4 Å². The lowest BCUT2D eigenvalue weighted by molar-refractivity contribution is 0.406. The fourth-order valence-corrected chi connectivity index (χ4v) is 2.32. The molecule has 0 saturated carbocycles. The van der Waals surface area contributed by atoms with Gasteiger partial charge in [0.2, 0.25) is 0 Å². The molecule has 18 heavy (non-hydrogen) atoms. The number of fused-ring (bicyclic) bond motifs is 1. The van der Waals surface area contributed by atoms with Crippen molar-refractivity contribution in [3.05, 3.63) is 11.9 Å². The molecule has 0 aromatic carbocycles. The number of hydrogen-bond donors (Lipinski definition) is 2. The highest BCUT2D eigenvalue weighted by Crippen LogP contribution is 2.24. The topological polar surface area (TPSA) is 63.8 Å². The zero-order chi connectivity index (χ0) is 11.5. The fraction of sp³-hybridized carbons (Fsp3) is 0.667. The summed E-state index contributed by atoms with van der Waals surface area (Å²) < 4.78 is 0. The smallest absolute Gasteiger partial charge is 0.147 e. The number of aromatic nitrogens is 2. The molecule has 4 nitrogen and oxygen atoms in total. The largest absolute Gasteiger partial charge is 0.382 e. The van der Waals surface area contributed by atoms with Crippen LogP contribution in [0.5, 0.6) is 0 Å². The molecule has 0 saturated heterocycles. The third-order valence-electron chi connectivity index (χ3n) is 3.02. The van der Waals surface area contributed by atoms with E-state index in [1.54, 1.807) is 6.20 Å². The first-order chi connectivity index (χ1) is 7.65. The quantitative estimate of drug-likeness (QED) is 0.880. The van der Waals surface area contributed by atoms with Gasteiger partial charge in [-0.25, -0.2) is 9.97 Å². The molecule has 2 rings (SSSR count). The lowest BCUT2D eigenvalue weighted by Crippen LogP contribution is -2.15. The molecule has 1 aliphatic heterocycles. The number of halogens is 2. The Hall–Kier alpha value is -0.740. The van der Waals surface area contributed by atoms with E-state index >= 15 is 0 Å². The molecule has 0 spiro atoms. The van der Waals surface area contributed by atoms with Crippen LogP contribution < -0.4 is 11.1 Å². The van der Waals surface area contributed by atoms with Crippen molar-refractivity contribution in [1.29, 1.82) is 0 Å². The van der Waals surface area contributed by atoms with Crippen LogP contribution in [0.2, 0.25) is 0 Å². The first kappa shape index (κ1) is 17.3. The Labute approximate surface area is 121 Å². The molecule has 104 valence electrons. The van der Waals surface area contributed by atoms with E-state index in [1.807, 2.05) is 0 Å². The Morgan fingerprint density at radius 1 is 1.44 bits per heavy atom. The van der Waals surface area contributed by atoms with Crippen molar-refractivity contribution in [2.45, 2.75) is 33.1 Å². The normalized spacial score (nSPS) is 17.8. The Morgan fingerprint density at radius 3 is 2.83 bits per heavy atom. The second kappa shape index (κ2) is 7.64. The summed E-state index contributed by atoms with van der Waals surface area (Å²) in [5.74, 6) is 2.90. The van der Waals surface area contributed by atoms with E-state index in [1.165, 1.54) is 12.8 Å². The summed E-state index contributed by atoms with van der Waals surface area (Å²) >= 11 is 0. The predicted octanol–water partition coefficient (Wildman–Crippen LogP) is 2.92. The SMILES string of the molecule is CC(C)CC1CCc2nc(N)cnc2NC1.Cl.Cl. The second-order valence-electron chi connectivity index (χ2n) is 5.01. The Balaban J connectivity index is 0.00000144. The minimum atomic E-state index is 0. The van der Waals surface area contributed by atoms with Gasteiger partial charge in [-0.05, 0) is 31.1 Å². The van der Waals surface area contributed by atoms with Gasteiger partial charge in [0.1, 0.15) is 11.6 Å². The summed E-state index contributed by atoms with van der Waals surface area (Å²) in [6, 6.07) is 0. The number of aryl methyl sites for hydroxylation is 1. The molecule has 0 fully saturated rings. The molecule has 0 aliphatic carbocycles. The van der Waals surface area contributed by atoms with Gasteiger partial charge in [0, 0.05) is 6.54 Å². The predicted molar refractivity (Wildman–Crippen MR) is 80.7 cm³/mol. The monoisotopic (exact) mass is 292 g/mol. The van der Waals surface area contributed by atoms with Crippen molar-refractivity contribution in [2.24, 2.45) is 11.8 Å². The molecule has 3 N–H and O–H groups in total. The summed E-state index contributed by atoms with van der Waals surface area (Å²) in [5, 5.41) is 3.38. The highest BCUT2D eigenvalue weighted by atomic mass is 35.5. The van der Waals surface area contributed by atoms with Gasteiger partial charge in [-0.15, -0.1) is 24.8 Å². The number of nitrogens with zero attached hydrogens (tertiary/aromatic N) is 2. The van der Waals surface area contributed by atoms with Gasteiger partial charge in [-0.2, -0.15) is 0 Å². The van der Waals surface area contributed by atoms with Gasteiger partial charge in [-0.1, -0.05) is 13.8 Å². The van der Waals surface area contributed by atoms with E-state index in [0.717, 1.165) is 36.3 Å². The van der Waals surface area contributed by atoms with Crippen LogP contribution in [0.4, 0.5) is 11.6 Å². The summed E-state index contributed by atoms with van der Waals surface area (Å²) in [6.45, 7) is 5.54. The summed E-state index contributed by atoms with van der Waals surface area (Å²) in [4.78, 5) is 8.63. The average Bonchev–Trinajstić information content (AvgIpc) is 2.40. The zero-order valence-corrected chi connectivity index (χ0v) is 12.5. The maximum absolute atomic E-state index is 5.65. The van der Waals surface area contributed by atoms with E-state index in [9.17, 15) is 0 Å². The van der Waals surface area contributed by atoms with Crippen LogP contribution in [0.3, 0.4) is 0 Å². The highest BCUT2D eigenvalue weighted by Gasteiger charge is 2.18. The third kappa shape index (κ3) is 4.50. The van der Waals surface area contributed by atoms with Gasteiger partial charge in [0.25, 0.3) is 0 Å². The van der Waals surface area contributed by atoms with Crippen molar-refractivity contribution in [1.82, 2.24) is 9.97 Å². The van der Waals surface area contributed by atoms with E-state index in [2.05, 4.69) is 29.1 Å². The van der Waals surface area contributed by atoms with Crippen LogP contribution >= 0.6 is 24.8 Å². The molecule has 1 unspecified atom stereocenters. The van der Waals surface area contributed by atoms with Gasteiger partial charge >= 0.3 is 0 Å². The molecular formula is C12H22Cl2N4. The maximum Gasteiger partial charge on any atom is 0.147 e. The number of anilines is 2. The molecule has 0 amide bonds. The number of hydrogen-bond acceptors (Lipinski definition) is 4. The van der Waals surface area contributed by atoms with Crippen LogP contribution in [0.15, 0.2) is 6.20 Å². The molecule has 1 atom stereocenters. The summed E-state index contributed by atoms with van der Waals surface area (Å²) in [7, 11) is 0. The minimum absolute atomic E-state index is 0. The van der Waals surface area contributed by atoms with Crippen molar-refractivity contribution in [3.63, 3.8) is 0 Å². The lowest BCUT2D eigenvalue weighted by Gasteiger charge is -2.16. The van der Waals surface area contributed by atoms with Gasteiger partial charge in [0.05, 0.1) is 11.9 Å². The van der Waals surface area contributed by atoms with Crippen molar-refractivity contribution in [2.75, 3.05) is 17.6 Å². The van der Waals surface area contributed by atoms with Gasteiger partial charge in [-0.3, -0.25) is 0 Å². The van der Waals surface area contributed by atoms with Crippen LogP contribution in [-0.4, -0.2) is 16.5 Å². The minimum Gasteiger partial charge on any atom is -0.382 e. The first-order valence-electron chi connectivity index (χ1n) is 6.00. The molecule has 1 aromatic heterocycles. The lowest BCUT2D eigenvalue weighted by atomic mass is 9.93. The van der Waals surface area contributed by atoms with Crippen molar-refractivity contribution < 1.29 is 0 Å². The van der Waals surface area contributed by atoms with Gasteiger partial charge < -0.3 is 11.1 Å². The molecule has 0 bridgehead atoms. The summed E-state index contributed by atoms with van der Waals surface area (Å²) in [5.41, 5.74) is 6.67. The molecule has 2 heterocycles. The number of nitrogen functional groups attached to an aromatic ring is 1. The number of rotatable bonds is 2. The molecule has 1 aromatic rings. The highest BCUT2D eigenvalue weighted by molar-refractivity contribution is 5.85. The Bertz CT molecular complexity index is 371. The van der Waals surface area contributed by atoms with E-state index < -0.39 is 0 Å². The fourth-order valence-electron chi connectivity index (χ4n) is 2.32. The van der Waals surface area contributed by atoms with Crippen LogP contribution in [0, 0.1) is 11.8 Å². The van der Waals surface area contributed by atoms with Crippen LogP contribution in [-0.2, 0) is 6.42 Å². The zero-order valence-electron chi connectivity index (χ0n) is 10.8. The molecular weight excluding hydrogens is 271 g/mol. The number of nitrogens with one attached hydrogen (secondary N) is 1. The number of nitrogens with two attached hydrogens (primary N) is 1. The van der Waals surface area contributed by atoms with Crippen LogP contribution in [0.1, 0.15) is 32.4 Å². The molecule has 1 aliphatic rings. The average molecular weight is 293 g/mol.